The highest BCUT2D eigenvalue weighted by atomic mass is 19.1. The predicted octanol–water partition coefficient (Wildman–Crippen LogP) is 0.960. The number of nitro benzene ring substituents is 1. The number of hydrazine groups is 2. The van der Waals surface area contributed by atoms with E-state index < -0.39 is 22.7 Å². The standard InChI is InChI=1S/C17H16FN5O4/c18-12-5-1-10(2-6-12)15-14(9-19-20-15)17(25)22-21-16(24)11-3-7-13(8-4-11)23(26)27/h1-8,14-15,19-20H,9H2,(H,21,24)(H,22,25). The van der Waals surface area contributed by atoms with E-state index in [4.69, 9.17) is 0 Å². The summed E-state index contributed by atoms with van der Waals surface area (Å²) in [5.41, 5.74) is 11.2. The first-order valence-electron chi connectivity index (χ1n) is 8.04. The lowest BCUT2D eigenvalue weighted by molar-refractivity contribution is -0.384. The molecule has 1 aliphatic rings. The van der Waals surface area contributed by atoms with Crippen molar-refractivity contribution < 1.29 is 18.9 Å². The van der Waals surface area contributed by atoms with Crippen LogP contribution < -0.4 is 21.7 Å². The quantitative estimate of drug-likeness (QED) is 0.467. The Bertz CT molecular complexity index is 857. The normalized spacial score (nSPS) is 18.7. The molecule has 2 aromatic rings. The van der Waals surface area contributed by atoms with Crippen LogP contribution in [0, 0.1) is 21.8 Å². The maximum absolute atomic E-state index is 13.1. The van der Waals surface area contributed by atoms with Gasteiger partial charge in [0.2, 0.25) is 5.91 Å². The molecule has 9 nitrogen and oxygen atoms in total. The molecular weight excluding hydrogens is 357 g/mol. The fourth-order valence-electron chi connectivity index (χ4n) is 2.74. The number of carbonyl (C=O) groups excluding carboxylic acids is 2. The van der Waals surface area contributed by atoms with Crippen LogP contribution in [0.4, 0.5) is 10.1 Å². The Hall–Kier alpha value is -3.37. The van der Waals surface area contributed by atoms with Gasteiger partial charge in [0.1, 0.15) is 5.82 Å². The van der Waals surface area contributed by atoms with Gasteiger partial charge in [-0.2, -0.15) is 0 Å². The highest BCUT2D eigenvalue weighted by Crippen LogP contribution is 2.25. The number of hydrogen-bond donors (Lipinski definition) is 4. The average Bonchev–Trinajstić information content (AvgIpc) is 3.16. The van der Waals surface area contributed by atoms with Crippen molar-refractivity contribution in [2.45, 2.75) is 6.04 Å². The van der Waals surface area contributed by atoms with Gasteiger partial charge in [-0.25, -0.2) is 9.82 Å². The first-order chi connectivity index (χ1) is 13.0. The van der Waals surface area contributed by atoms with Crippen LogP contribution in [0.2, 0.25) is 0 Å². The molecule has 1 heterocycles. The van der Waals surface area contributed by atoms with Crippen molar-refractivity contribution in [3.05, 3.63) is 75.6 Å². The van der Waals surface area contributed by atoms with Gasteiger partial charge >= 0.3 is 0 Å². The lowest BCUT2D eigenvalue weighted by Crippen LogP contribution is -2.46. The van der Waals surface area contributed by atoms with E-state index in [0.717, 1.165) is 5.56 Å². The highest BCUT2D eigenvalue weighted by molar-refractivity contribution is 5.95. The first kappa shape index (κ1) is 18.4. The molecule has 0 radical (unpaired) electrons. The van der Waals surface area contributed by atoms with Crippen molar-refractivity contribution in [1.29, 1.82) is 0 Å². The summed E-state index contributed by atoms with van der Waals surface area (Å²) in [6, 6.07) is 10.4. The molecule has 140 valence electrons. The van der Waals surface area contributed by atoms with E-state index in [0.29, 0.717) is 6.54 Å². The summed E-state index contributed by atoms with van der Waals surface area (Å²) in [7, 11) is 0. The van der Waals surface area contributed by atoms with E-state index in [1.807, 2.05) is 0 Å². The lowest BCUT2D eigenvalue weighted by atomic mass is 9.94. The minimum Gasteiger partial charge on any atom is -0.273 e. The second kappa shape index (κ2) is 7.89. The van der Waals surface area contributed by atoms with Gasteiger partial charge in [-0.05, 0) is 29.8 Å². The Labute approximate surface area is 153 Å². The summed E-state index contributed by atoms with van der Waals surface area (Å²) in [5.74, 6) is -1.94. The van der Waals surface area contributed by atoms with Crippen molar-refractivity contribution in [1.82, 2.24) is 21.7 Å². The third-order valence-corrected chi connectivity index (χ3v) is 4.19. The summed E-state index contributed by atoms with van der Waals surface area (Å²) >= 11 is 0. The Morgan fingerprint density at radius 2 is 1.74 bits per heavy atom. The third kappa shape index (κ3) is 4.25. The van der Waals surface area contributed by atoms with Crippen LogP contribution in [-0.4, -0.2) is 23.3 Å². The number of rotatable bonds is 4. The van der Waals surface area contributed by atoms with Crippen molar-refractivity contribution in [2.24, 2.45) is 5.92 Å². The first-order valence-corrected chi connectivity index (χ1v) is 8.04. The van der Waals surface area contributed by atoms with Crippen molar-refractivity contribution in [3.8, 4) is 0 Å². The van der Waals surface area contributed by atoms with Crippen LogP contribution in [0.5, 0.6) is 0 Å². The number of non-ortho nitro benzene ring substituents is 1. The van der Waals surface area contributed by atoms with E-state index in [-0.39, 0.29) is 23.1 Å². The van der Waals surface area contributed by atoms with Gasteiger partial charge in [-0.1, -0.05) is 12.1 Å². The SMILES string of the molecule is O=C(NNC(=O)C1CNNC1c1ccc(F)cc1)c1ccc([N+](=O)[O-])cc1. The number of amides is 2. The highest BCUT2D eigenvalue weighted by Gasteiger charge is 2.34. The van der Waals surface area contributed by atoms with E-state index in [2.05, 4.69) is 21.7 Å². The zero-order valence-corrected chi connectivity index (χ0v) is 13.9. The molecule has 1 fully saturated rings. The van der Waals surface area contributed by atoms with Gasteiger partial charge < -0.3 is 0 Å². The van der Waals surface area contributed by atoms with Crippen LogP contribution in [0.3, 0.4) is 0 Å². The number of benzene rings is 2. The Morgan fingerprint density at radius 3 is 2.37 bits per heavy atom. The largest absolute Gasteiger partial charge is 0.273 e. The predicted molar refractivity (Wildman–Crippen MR) is 92.5 cm³/mol. The Kier molecular flexibility index (Phi) is 5.38. The number of nitrogens with one attached hydrogen (secondary N) is 4. The van der Waals surface area contributed by atoms with Gasteiger partial charge in [0, 0.05) is 24.2 Å². The molecular formula is C17H16FN5O4. The van der Waals surface area contributed by atoms with Crippen LogP contribution >= 0.6 is 0 Å². The molecule has 0 saturated carbocycles. The molecule has 1 saturated heterocycles. The number of carbonyl (C=O) groups is 2. The summed E-state index contributed by atoms with van der Waals surface area (Å²) in [6.45, 7) is 0.321. The molecule has 2 aromatic carbocycles. The number of hydrogen-bond acceptors (Lipinski definition) is 6. The zero-order chi connectivity index (χ0) is 19.4. The Morgan fingerprint density at radius 1 is 1.07 bits per heavy atom. The molecule has 4 N–H and O–H groups in total. The molecule has 2 amide bonds. The Balaban J connectivity index is 1.60. The molecule has 0 aliphatic carbocycles. The molecule has 2 unspecified atom stereocenters. The number of halogens is 1. The molecule has 0 bridgehead atoms. The van der Waals surface area contributed by atoms with E-state index in [1.54, 1.807) is 12.1 Å². The summed E-state index contributed by atoms with van der Waals surface area (Å²) in [4.78, 5) is 34.5. The second-order valence-corrected chi connectivity index (χ2v) is 5.91. The van der Waals surface area contributed by atoms with E-state index >= 15 is 0 Å². The van der Waals surface area contributed by atoms with Crippen LogP contribution in [0.1, 0.15) is 22.0 Å². The lowest BCUT2D eigenvalue weighted by Gasteiger charge is -2.18. The van der Waals surface area contributed by atoms with Crippen molar-refractivity contribution in [3.63, 3.8) is 0 Å². The van der Waals surface area contributed by atoms with Gasteiger partial charge in [0.15, 0.2) is 0 Å². The summed E-state index contributed by atoms with van der Waals surface area (Å²) < 4.78 is 13.1. The zero-order valence-electron chi connectivity index (χ0n) is 13.9. The van der Waals surface area contributed by atoms with Crippen LogP contribution in [0.25, 0.3) is 0 Å². The number of nitrogens with zero attached hydrogens (tertiary/aromatic N) is 1. The fourth-order valence-corrected chi connectivity index (χ4v) is 2.74. The summed E-state index contributed by atoms with van der Waals surface area (Å²) in [5, 5.41) is 10.6. The topological polar surface area (TPSA) is 125 Å². The molecule has 0 aromatic heterocycles. The van der Waals surface area contributed by atoms with Gasteiger partial charge in [0.25, 0.3) is 11.6 Å². The third-order valence-electron chi connectivity index (χ3n) is 4.19. The fraction of sp³-hybridized carbons (Fsp3) is 0.176. The van der Waals surface area contributed by atoms with E-state index in [1.165, 1.54) is 36.4 Å². The van der Waals surface area contributed by atoms with Crippen LogP contribution in [-0.2, 0) is 4.79 Å². The van der Waals surface area contributed by atoms with E-state index in [9.17, 15) is 24.1 Å². The maximum Gasteiger partial charge on any atom is 0.269 e. The molecule has 0 spiro atoms. The molecule has 10 heteroatoms. The monoisotopic (exact) mass is 373 g/mol. The van der Waals surface area contributed by atoms with Crippen molar-refractivity contribution in [2.75, 3.05) is 6.54 Å². The molecule has 3 rings (SSSR count). The summed E-state index contributed by atoms with van der Waals surface area (Å²) in [6.07, 6.45) is 0. The smallest absolute Gasteiger partial charge is 0.269 e. The molecule has 2 atom stereocenters. The minimum atomic E-state index is -0.601. The molecule has 1 aliphatic heterocycles. The van der Waals surface area contributed by atoms with Crippen LogP contribution in [0.15, 0.2) is 48.5 Å². The average molecular weight is 373 g/mol. The number of nitro groups is 1. The molecule has 27 heavy (non-hydrogen) atoms. The second-order valence-electron chi connectivity index (χ2n) is 5.91. The maximum atomic E-state index is 13.1. The minimum absolute atomic E-state index is 0.138. The van der Waals surface area contributed by atoms with Gasteiger partial charge in [-0.3, -0.25) is 36.0 Å². The van der Waals surface area contributed by atoms with Gasteiger partial charge in [0.05, 0.1) is 16.9 Å². The van der Waals surface area contributed by atoms with Gasteiger partial charge in [-0.15, -0.1) is 0 Å². The van der Waals surface area contributed by atoms with Crippen molar-refractivity contribution >= 4 is 17.5 Å².